The van der Waals surface area contributed by atoms with Crippen molar-refractivity contribution in [2.24, 2.45) is 0 Å². The zero-order valence-electron chi connectivity index (χ0n) is 14.5. The first kappa shape index (κ1) is 16.5. The normalized spacial score (nSPS) is 15.1. The number of hydrogen-bond donors (Lipinski definition) is 2. The van der Waals surface area contributed by atoms with E-state index in [1.54, 1.807) is 18.6 Å². The predicted molar refractivity (Wildman–Crippen MR) is 99.6 cm³/mol. The van der Waals surface area contributed by atoms with Crippen molar-refractivity contribution in [1.82, 2.24) is 25.1 Å². The Hall–Kier alpha value is -2.93. The molecule has 26 heavy (non-hydrogen) atoms. The molecule has 134 valence electrons. The van der Waals surface area contributed by atoms with E-state index in [-0.39, 0.29) is 0 Å². The second-order valence-electron chi connectivity index (χ2n) is 6.45. The smallest absolute Gasteiger partial charge is 0.166 e. The van der Waals surface area contributed by atoms with E-state index in [1.807, 2.05) is 24.4 Å². The van der Waals surface area contributed by atoms with Gasteiger partial charge in [-0.05, 0) is 38.1 Å². The SMILES string of the molecule is Nc1ncc(-c2cnn(C3CCNCC3)c2)cc1OCc1cccnc1. The summed E-state index contributed by atoms with van der Waals surface area (Å²) in [4.78, 5) is 8.37. The van der Waals surface area contributed by atoms with Crippen LogP contribution in [-0.2, 0) is 6.61 Å². The molecule has 3 aromatic rings. The molecule has 1 aliphatic heterocycles. The second kappa shape index (κ2) is 7.53. The standard InChI is InChI=1S/C19H22N6O/c20-19-18(26-13-14-2-1-5-22-9-14)8-15(10-23-19)16-11-24-25(12-16)17-3-6-21-7-4-17/h1-2,5,8-12,17,21H,3-4,6-7,13H2,(H2,20,23). The molecule has 0 amide bonds. The number of piperidine rings is 1. The lowest BCUT2D eigenvalue weighted by Gasteiger charge is -2.22. The van der Waals surface area contributed by atoms with Crippen LogP contribution in [-0.4, -0.2) is 32.8 Å². The van der Waals surface area contributed by atoms with Crippen LogP contribution < -0.4 is 15.8 Å². The summed E-state index contributed by atoms with van der Waals surface area (Å²) >= 11 is 0. The zero-order chi connectivity index (χ0) is 17.8. The highest BCUT2D eigenvalue weighted by atomic mass is 16.5. The Morgan fingerprint density at radius 3 is 2.88 bits per heavy atom. The minimum absolute atomic E-state index is 0.378. The molecule has 4 heterocycles. The first-order valence-electron chi connectivity index (χ1n) is 8.82. The maximum absolute atomic E-state index is 5.97. The van der Waals surface area contributed by atoms with Crippen molar-refractivity contribution < 1.29 is 4.74 Å². The Balaban J connectivity index is 1.51. The molecule has 3 N–H and O–H groups in total. The fraction of sp³-hybridized carbons (Fsp3) is 0.316. The van der Waals surface area contributed by atoms with Crippen LogP contribution in [0.1, 0.15) is 24.4 Å². The number of nitrogens with zero attached hydrogens (tertiary/aromatic N) is 4. The molecule has 1 aliphatic rings. The Bertz CT molecular complexity index is 857. The van der Waals surface area contributed by atoms with Gasteiger partial charge in [-0.2, -0.15) is 5.10 Å². The molecule has 0 radical (unpaired) electrons. The molecule has 0 unspecified atom stereocenters. The summed E-state index contributed by atoms with van der Waals surface area (Å²) in [7, 11) is 0. The maximum Gasteiger partial charge on any atom is 0.166 e. The minimum atomic E-state index is 0.378. The number of nitrogens with one attached hydrogen (secondary N) is 1. The minimum Gasteiger partial charge on any atom is -0.485 e. The molecule has 1 saturated heterocycles. The van der Waals surface area contributed by atoms with Crippen molar-refractivity contribution in [3.8, 4) is 16.9 Å². The molecule has 0 bridgehead atoms. The molecule has 0 aliphatic carbocycles. The van der Waals surface area contributed by atoms with Gasteiger partial charge in [-0.3, -0.25) is 9.67 Å². The summed E-state index contributed by atoms with van der Waals surface area (Å²) in [6.45, 7) is 2.47. The van der Waals surface area contributed by atoms with Crippen LogP contribution in [0, 0.1) is 0 Å². The lowest BCUT2D eigenvalue weighted by atomic mass is 10.1. The Morgan fingerprint density at radius 1 is 1.19 bits per heavy atom. The highest BCUT2D eigenvalue weighted by Crippen LogP contribution is 2.28. The van der Waals surface area contributed by atoms with E-state index in [0.717, 1.165) is 42.6 Å². The number of aromatic nitrogens is 4. The topological polar surface area (TPSA) is 90.9 Å². The number of ether oxygens (including phenoxy) is 1. The molecule has 7 nitrogen and oxygen atoms in total. The fourth-order valence-electron chi connectivity index (χ4n) is 3.13. The second-order valence-corrected chi connectivity index (χ2v) is 6.45. The number of hydrogen-bond acceptors (Lipinski definition) is 6. The number of nitrogens with two attached hydrogens (primary N) is 1. The van der Waals surface area contributed by atoms with Crippen molar-refractivity contribution in [2.45, 2.75) is 25.5 Å². The van der Waals surface area contributed by atoms with E-state index < -0.39 is 0 Å². The largest absolute Gasteiger partial charge is 0.485 e. The summed E-state index contributed by atoms with van der Waals surface area (Å²) in [5.74, 6) is 0.948. The number of anilines is 1. The third-order valence-corrected chi connectivity index (χ3v) is 4.62. The maximum atomic E-state index is 5.97. The Kier molecular flexibility index (Phi) is 4.79. The van der Waals surface area contributed by atoms with Crippen LogP contribution in [0.2, 0.25) is 0 Å². The molecule has 7 heteroatoms. The van der Waals surface area contributed by atoms with Gasteiger partial charge < -0.3 is 15.8 Å². The van der Waals surface area contributed by atoms with E-state index >= 15 is 0 Å². The first-order chi connectivity index (χ1) is 12.8. The molecule has 0 spiro atoms. The summed E-state index contributed by atoms with van der Waals surface area (Å²) in [5.41, 5.74) is 8.92. The van der Waals surface area contributed by atoms with Crippen LogP contribution in [0.5, 0.6) is 5.75 Å². The van der Waals surface area contributed by atoms with Gasteiger partial charge in [0, 0.05) is 41.5 Å². The van der Waals surface area contributed by atoms with Gasteiger partial charge in [-0.25, -0.2) is 4.98 Å². The van der Waals surface area contributed by atoms with Crippen LogP contribution in [0.4, 0.5) is 5.82 Å². The van der Waals surface area contributed by atoms with Gasteiger partial charge in [0.25, 0.3) is 0 Å². The van der Waals surface area contributed by atoms with Crippen molar-refractivity contribution >= 4 is 5.82 Å². The van der Waals surface area contributed by atoms with E-state index in [1.165, 1.54) is 0 Å². The van der Waals surface area contributed by atoms with Gasteiger partial charge in [-0.15, -0.1) is 0 Å². The lowest BCUT2D eigenvalue weighted by Crippen LogP contribution is -2.29. The molecule has 1 fully saturated rings. The van der Waals surface area contributed by atoms with Gasteiger partial charge in [0.15, 0.2) is 11.6 Å². The van der Waals surface area contributed by atoms with E-state index in [2.05, 4.69) is 31.3 Å². The third-order valence-electron chi connectivity index (χ3n) is 4.62. The lowest BCUT2D eigenvalue weighted by molar-refractivity contribution is 0.306. The van der Waals surface area contributed by atoms with Gasteiger partial charge >= 0.3 is 0 Å². The van der Waals surface area contributed by atoms with Crippen molar-refractivity contribution in [3.05, 3.63) is 54.7 Å². The fourth-order valence-corrected chi connectivity index (χ4v) is 3.13. The number of nitrogen functional groups attached to an aromatic ring is 1. The van der Waals surface area contributed by atoms with Gasteiger partial charge in [0.05, 0.1) is 12.2 Å². The molecular formula is C19H22N6O. The first-order valence-corrected chi connectivity index (χ1v) is 8.82. The summed E-state index contributed by atoms with van der Waals surface area (Å²) < 4.78 is 7.90. The highest BCUT2D eigenvalue weighted by Gasteiger charge is 2.16. The van der Waals surface area contributed by atoms with Crippen molar-refractivity contribution in [3.63, 3.8) is 0 Å². The summed E-state index contributed by atoms with van der Waals surface area (Å²) in [6, 6.07) is 6.21. The molecule has 0 aromatic carbocycles. The Morgan fingerprint density at radius 2 is 2.08 bits per heavy atom. The van der Waals surface area contributed by atoms with Crippen molar-refractivity contribution in [2.75, 3.05) is 18.8 Å². The van der Waals surface area contributed by atoms with Crippen LogP contribution >= 0.6 is 0 Å². The monoisotopic (exact) mass is 350 g/mol. The summed E-state index contributed by atoms with van der Waals surface area (Å²) in [5, 5.41) is 7.92. The molecule has 0 saturated carbocycles. The highest BCUT2D eigenvalue weighted by molar-refractivity contribution is 5.65. The van der Waals surface area contributed by atoms with E-state index in [4.69, 9.17) is 10.5 Å². The van der Waals surface area contributed by atoms with Gasteiger partial charge in [0.2, 0.25) is 0 Å². The zero-order valence-corrected chi connectivity index (χ0v) is 14.5. The summed E-state index contributed by atoms with van der Waals surface area (Å²) in [6.07, 6.45) is 11.4. The van der Waals surface area contributed by atoms with Crippen LogP contribution in [0.15, 0.2) is 49.2 Å². The van der Waals surface area contributed by atoms with E-state index in [0.29, 0.717) is 24.2 Å². The number of pyridine rings is 2. The van der Waals surface area contributed by atoms with Gasteiger partial charge in [-0.1, -0.05) is 6.07 Å². The molecule has 0 atom stereocenters. The average molecular weight is 350 g/mol. The molecule has 4 rings (SSSR count). The van der Waals surface area contributed by atoms with Crippen molar-refractivity contribution in [1.29, 1.82) is 0 Å². The van der Waals surface area contributed by atoms with Gasteiger partial charge in [0.1, 0.15) is 6.61 Å². The third kappa shape index (κ3) is 3.67. The molecule has 3 aromatic heterocycles. The average Bonchev–Trinajstić information content (AvgIpc) is 3.19. The quantitative estimate of drug-likeness (QED) is 0.734. The van der Waals surface area contributed by atoms with Crippen LogP contribution in [0.3, 0.4) is 0 Å². The molecular weight excluding hydrogens is 328 g/mol. The predicted octanol–water partition coefficient (Wildman–Crippen LogP) is 2.43. The Labute approximate surface area is 152 Å². The number of rotatable bonds is 5. The van der Waals surface area contributed by atoms with Crippen LogP contribution in [0.25, 0.3) is 11.1 Å². The van der Waals surface area contributed by atoms with E-state index in [9.17, 15) is 0 Å².